The monoisotopic (exact) mass is 532 g/mol. The van der Waals surface area contributed by atoms with E-state index in [1.165, 1.54) is 0 Å². The maximum Gasteiger partial charge on any atom is 0.235 e. The molecule has 3 heterocycles. The van der Waals surface area contributed by atoms with Crippen LogP contribution in [0.1, 0.15) is 26.6 Å². The minimum Gasteiger partial charge on any atom is -0.481 e. The zero-order valence-electron chi connectivity index (χ0n) is 20.5. The Balaban J connectivity index is 2.13. The molecule has 3 aromatic heterocycles. The summed E-state index contributed by atoms with van der Waals surface area (Å²) in [4.78, 5) is 20.1. The molecule has 0 bridgehead atoms. The van der Waals surface area contributed by atoms with Gasteiger partial charge in [0.15, 0.2) is 5.82 Å². The van der Waals surface area contributed by atoms with Gasteiger partial charge in [0, 0.05) is 44.8 Å². The standard InChI is InChI=1S/C23H33BrN6O2Si/c1-23(2,3)21-28-19(24)20(29(21)16-32-13-14-33(5,6)7)30(22-26-10-8-11-27-22)17-9-12-25-18(15-17)31-4/h8-12,15H,13-14,16H2,1-7H3. The molecule has 0 aliphatic carbocycles. The van der Waals surface area contributed by atoms with Crippen LogP contribution in [0.15, 0.2) is 41.4 Å². The van der Waals surface area contributed by atoms with Crippen molar-refractivity contribution < 1.29 is 9.47 Å². The summed E-state index contributed by atoms with van der Waals surface area (Å²) in [7, 11) is 0.395. The third-order valence-electron chi connectivity index (χ3n) is 4.94. The van der Waals surface area contributed by atoms with E-state index in [1.54, 1.807) is 31.8 Å². The lowest BCUT2D eigenvalue weighted by Crippen LogP contribution is -2.25. The van der Waals surface area contributed by atoms with E-state index < -0.39 is 8.07 Å². The van der Waals surface area contributed by atoms with Crippen LogP contribution in [0.5, 0.6) is 5.88 Å². The quantitative estimate of drug-likeness (QED) is 0.250. The minimum absolute atomic E-state index is 0.206. The van der Waals surface area contributed by atoms with Gasteiger partial charge >= 0.3 is 0 Å². The third-order valence-corrected chi connectivity index (χ3v) is 7.17. The molecule has 0 fully saturated rings. The third kappa shape index (κ3) is 6.39. The van der Waals surface area contributed by atoms with Gasteiger partial charge < -0.3 is 9.47 Å². The summed E-state index contributed by atoms with van der Waals surface area (Å²) >= 11 is 3.71. The number of imidazole rings is 1. The van der Waals surface area contributed by atoms with Crippen LogP contribution in [0.3, 0.4) is 0 Å². The van der Waals surface area contributed by atoms with Crippen LogP contribution >= 0.6 is 15.9 Å². The summed E-state index contributed by atoms with van der Waals surface area (Å²) < 4.78 is 14.3. The highest BCUT2D eigenvalue weighted by atomic mass is 79.9. The zero-order valence-corrected chi connectivity index (χ0v) is 23.0. The van der Waals surface area contributed by atoms with Gasteiger partial charge in [0.25, 0.3) is 0 Å². The molecule has 0 atom stereocenters. The van der Waals surface area contributed by atoms with E-state index in [0.29, 0.717) is 29.8 Å². The second-order valence-electron chi connectivity index (χ2n) is 10.0. The fourth-order valence-corrected chi connectivity index (χ4v) is 4.56. The molecule has 0 amide bonds. The van der Waals surface area contributed by atoms with Crippen molar-refractivity contribution in [2.24, 2.45) is 0 Å². The largest absolute Gasteiger partial charge is 0.481 e. The maximum absolute atomic E-state index is 6.18. The van der Waals surface area contributed by atoms with Crippen molar-refractivity contribution in [3.05, 3.63) is 47.2 Å². The molecule has 0 spiro atoms. The van der Waals surface area contributed by atoms with E-state index in [9.17, 15) is 0 Å². The molecule has 8 nitrogen and oxygen atoms in total. The molecule has 3 aromatic rings. The number of pyridine rings is 1. The molecule has 0 N–H and O–H groups in total. The van der Waals surface area contributed by atoms with E-state index >= 15 is 0 Å². The van der Waals surface area contributed by atoms with E-state index in [1.807, 2.05) is 17.0 Å². The molecular formula is C23H33BrN6O2Si. The van der Waals surface area contributed by atoms with Gasteiger partial charge in [-0.1, -0.05) is 40.4 Å². The van der Waals surface area contributed by atoms with Crippen LogP contribution in [0.2, 0.25) is 25.7 Å². The van der Waals surface area contributed by atoms with E-state index in [2.05, 4.69) is 75.9 Å². The lowest BCUT2D eigenvalue weighted by atomic mass is 9.96. The maximum atomic E-state index is 6.18. The van der Waals surface area contributed by atoms with Crippen molar-refractivity contribution in [3.63, 3.8) is 0 Å². The molecular weight excluding hydrogens is 500 g/mol. The Hall–Kier alpha value is -2.30. The highest BCUT2D eigenvalue weighted by Gasteiger charge is 2.30. The summed E-state index contributed by atoms with van der Waals surface area (Å²) in [6, 6.07) is 6.63. The molecule has 0 unspecified atom stereocenters. The number of hydrogen-bond acceptors (Lipinski definition) is 7. The lowest BCUT2D eigenvalue weighted by molar-refractivity contribution is 0.0841. The number of hydrogen-bond donors (Lipinski definition) is 0. The molecule has 10 heteroatoms. The van der Waals surface area contributed by atoms with Crippen molar-refractivity contribution in [2.75, 3.05) is 18.6 Å². The summed E-state index contributed by atoms with van der Waals surface area (Å²) in [5.74, 6) is 2.69. The zero-order chi connectivity index (χ0) is 24.2. The van der Waals surface area contributed by atoms with Gasteiger partial charge in [-0.15, -0.1) is 0 Å². The SMILES string of the molecule is COc1cc(N(c2ncccn2)c2c(Br)nc(C(C)(C)C)n2COCC[Si](C)(C)C)ccn1. The van der Waals surface area contributed by atoms with Crippen LogP contribution < -0.4 is 9.64 Å². The molecule has 178 valence electrons. The number of methoxy groups -OCH3 is 1. The van der Waals surface area contributed by atoms with E-state index in [-0.39, 0.29) is 5.41 Å². The average molecular weight is 534 g/mol. The van der Waals surface area contributed by atoms with Gasteiger partial charge in [-0.25, -0.2) is 19.9 Å². The van der Waals surface area contributed by atoms with Crippen molar-refractivity contribution in [1.82, 2.24) is 24.5 Å². The van der Waals surface area contributed by atoms with Gasteiger partial charge in [0.1, 0.15) is 17.2 Å². The van der Waals surface area contributed by atoms with Crippen LogP contribution in [0, 0.1) is 0 Å². The van der Waals surface area contributed by atoms with Gasteiger partial charge in [-0.3, -0.25) is 9.47 Å². The minimum atomic E-state index is -1.20. The summed E-state index contributed by atoms with van der Waals surface area (Å²) in [6.45, 7) is 14.6. The van der Waals surface area contributed by atoms with Crippen molar-refractivity contribution in [1.29, 1.82) is 0 Å². The molecule has 0 aliphatic heterocycles. The van der Waals surface area contributed by atoms with Crippen LogP contribution in [-0.4, -0.2) is 46.3 Å². The molecule has 0 aromatic carbocycles. The Labute approximate surface area is 205 Å². The van der Waals surface area contributed by atoms with Crippen molar-refractivity contribution in [2.45, 2.75) is 58.6 Å². The molecule has 0 aliphatic rings. The number of ether oxygens (including phenoxy) is 2. The molecule has 0 radical (unpaired) electrons. The Bertz CT molecular complexity index is 1060. The van der Waals surface area contributed by atoms with Crippen LogP contribution in [0.4, 0.5) is 17.5 Å². The van der Waals surface area contributed by atoms with Crippen LogP contribution in [-0.2, 0) is 16.9 Å². The Kier molecular flexibility index (Phi) is 7.91. The lowest BCUT2D eigenvalue weighted by Gasteiger charge is -2.27. The second kappa shape index (κ2) is 10.3. The van der Waals surface area contributed by atoms with E-state index in [0.717, 1.165) is 23.4 Å². The molecule has 0 saturated carbocycles. The first-order valence-electron chi connectivity index (χ1n) is 10.9. The first-order valence-corrected chi connectivity index (χ1v) is 15.4. The number of aromatic nitrogens is 5. The highest BCUT2D eigenvalue weighted by Crippen LogP contribution is 2.40. The number of halogens is 1. The fourth-order valence-electron chi connectivity index (χ4n) is 3.25. The first kappa shape index (κ1) is 25.3. The molecule has 3 rings (SSSR count). The summed E-state index contributed by atoms with van der Waals surface area (Å²) in [5.41, 5.74) is 0.597. The summed E-state index contributed by atoms with van der Waals surface area (Å²) in [5, 5.41) is 0. The molecule has 33 heavy (non-hydrogen) atoms. The first-order chi connectivity index (χ1) is 15.5. The van der Waals surface area contributed by atoms with Gasteiger partial charge in [-0.05, 0) is 34.1 Å². The smallest absolute Gasteiger partial charge is 0.235 e. The van der Waals surface area contributed by atoms with E-state index in [4.69, 9.17) is 14.5 Å². The van der Waals surface area contributed by atoms with Gasteiger partial charge in [0.05, 0.1) is 12.8 Å². The predicted molar refractivity (Wildman–Crippen MR) is 137 cm³/mol. The van der Waals surface area contributed by atoms with Crippen molar-refractivity contribution in [3.8, 4) is 5.88 Å². The Morgan fingerprint density at radius 1 is 1.09 bits per heavy atom. The Morgan fingerprint density at radius 2 is 1.79 bits per heavy atom. The summed E-state index contributed by atoms with van der Waals surface area (Å²) in [6.07, 6.45) is 5.14. The number of nitrogens with zero attached hydrogens (tertiary/aromatic N) is 6. The number of anilines is 3. The molecule has 0 saturated heterocycles. The van der Waals surface area contributed by atoms with Crippen LogP contribution in [0.25, 0.3) is 0 Å². The number of rotatable bonds is 9. The average Bonchev–Trinajstić information content (AvgIpc) is 3.08. The highest BCUT2D eigenvalue weighted by molar-refractivity contribution is 9.10. The topological polar surface area (TPSA) is 78.2 Å². The normalized spacial score (nSPS) is 12.1. The van der Waals surface area contributed by atoms with Gasteiger partial charge in [-0.2, -0.15) is 0 Å². The second-order valence-corrected chi connectivity index (χ2v) is 16.4. The van der Waals surface area contributed by atoms with Crippen molar-refractivity contribution >= 4 is 41.5 Å². The Morgan fingerprint density at radius 3 is 2.39 bits per heavy atom. The fraction of sp³-hybridized carbons (Fsp3) is 0.478. The van der Waals surface area contributed by atoms with Gasteiger partial charge in [0.2, 0.25) is 11.8 Å². The predicted octanol–water partition coefficient (Wildman–Crippen LogP) is 5.92.